The number of amides is 2. The summed E-state index contributed by atoms with van der Waals surface area (Å²) in [5, 5.41) is 5.79. The normalized spacial score (nSPS) is 23.6. The van der Waals surface area contributed by atoms with Crippen LogP contribution in [0.15, 0.2) is 0 Å². The highest BCUT2D eigenvalue weighted by Gasteiger charge is 2.18. The van der Waals surface area contributed by atoms with Gasteiger partial charge in [0, 0.05) is 12.6 Å². The zero-order valence-corrected chi connectivity index (χ0v) is 9.17. The van der Waals surface area contributed by atoms with Crippen LogP contribution in [0.5, 0.6) is 0 Å². The highest BCUT2D eigenvalue weighted by atomic mass is 16.5. The number of nitrogens with one attached hydrogen (secondary N) is 2. The van der Waals surface area contributed by atoms with E-state index >= 15 is 0 Å². The summed E-state index contributed by atoms with van der Waals surface area (Å²) in [6, 6.07) is 0.313. The Morgan fingerprint density at radius 2 is 2.14 bits per heavy atom. The Labute approximate surface area is 85.4 Å². The minimum atomic E-state index is -0.0818. The lowest BCUT2D eigenvalue weighted by Crippen LogP contribution is -2.47. The van der Waals surface area contributed by atoms with E-state index in [1.165, 1.54) is 0 Å². The van der Waals surface area contributed by atoms with Gasteiger partial charge in [-0.3, -0.25) is 0 Å². The minimum absolute atomic E-state index is 0.0818. The van der Waals surface area contributed by atoms with Gasteiger partial charge in [-0.2, -0.15) is 0 Å². The zero-order chi connectivity index (χ0) is 10.6. The van der Waals surface area contributed by atoms with Gasteiger partial charge in [-0.1, -0.05) is 13.8 Å². The average Bonchev–Trinajstić information content (AvgIpc) is 2.56. The maximum absolute atomic E-state index is 11.4. The van der Waals surface area contributed by atoms with Gasteiger partial charge >= 0.3 is 6.03 Å². The molecular formula is C10H20N2O2. The molecule has 0 aliphatic carbocycles. The first-order valence-corrected chi connectivity index (χ1v) is 5.24. The molecule has 82 valence electrons. The molecule has 2 amide bonds. The second kappa shape index (κ2) is 5.20. The van der Waals surface area contributed by atoms with E-state index in [4.69, 9.17) is 4.74 Å². The van der Waals surface area contributed by atoms with E-state index < -0.39 is 0 Å². The van der Waals surface area contributed by atoms with Crippen molar-refractivity contribution in [2.24, 2.45) is 5.92 Å². The second-order valence-corrected chi connectivity index (χ2v) is 4.21. The largest absolute Gasteiger partial charge is 0.379 e. The lowest BCUT2D eigenvalue weighted by molar-refractivity contribution is 0.188. The number of ether oxygens (including phenoxy) is 1. The molecule has 2 unspecified atom stereocenters. The van der Waals surface area contributed by atoms with Gasteiger partial charge in [-0.15, -0.1) is 0 Å². The summed E-state index contributed by atoms with van der Waals surface area (Å²) in [6.45, 7) is 7.58. The molecule has 1 rings (SSSR count). The first kappa shape index (κ1) is 11.3. The second-order valence-electron chi connectivity index (χ2n) is 4.21. The Bertz CT molecular complexity index is 183. The molecule has 2 N–H and O–H groups in total. The Morgan fingerprint density at radius 3 is 2.64 bits per heavy atom. The Hall–Kier alpha value is -0.770. The third-order valence-corrected chi connectivity index (χ3v) is 2.62. The molecule has 0 spiro atoms. The minimum Gasteiger partial charge on any atom is -0.379 e. The highest BCUT2D eigenvalue weighted by molar-refractivity contribution is 5.74. The lowest BCUT2D eigenvalue weighted by atomic mass is 10.1. The molecule has 0 bridgehead atoms. The smallest absolute Gasteiger partial charge is 0.315 e. The first-order chi connectivity index (χ1) is 6.59. The Balaban J connectivity index is 2.21. The van der Waals surface area contributed by atoms with Crippen LogP contribution in [0.25, 0.3) is 0 Å². The van der Waals surface area contributed by atoms with E-state index in [1.807, 2.05) is 6.92 Å². The SMILES string of the molecule is CC(C)C(C)NC(=O)NC1CCOC1. The van der Waals surface area contributed by atoms with Crippen molar-refractivity contribution in [1.29, 1.82) is 0 Å². The van der Waals surface area contributed by atoms with Crippen molar-refractivity contribution in [3.8, 4) is 0 Å². The van der Waals surface area contributed by atoms with Gasteiger partial charge in [0.05, 0.1) is 12.6 Å². The molecule has 0 aromatic carbocycles. The van der Waals surface area contributed by atoms with Gasteiger partial charge in [0.2, 0.25) is 0 Å². The molecule has 1 fully saturated rings. The van der Waals surface area contributed by atoms with Crippen molar-refractivity contribution in [2.75, 3.05) is 13.2 Å². The van der Waals surface area contributed by atoms with Crippen molar-refractivity contribution in [2.45, 2.75) is 39.3 Å². The number of hydrogen-bond donors (Lipinski definition) is 2. The van der Waals surface area contributed by atoms with Gasteiger partial charge in [-0.25, -0.2) is 4.79 Å². The van der Waals surface area contributed by atoms with Gasteiger partial charge in [0.25, 0.3) is 0 Å². The van der Waals surface area contributed by atoms with Crippen LogP contribution in [-0.4, -0.2) is 31.3 Å². The fourth-order valence-corrected chi connectivity index (χ4v) is 1.25. The summed E-state index contributed by atoms with van der Waals surface area (Å²) in [5.41, 5.74) is 0. The van der Waals surface area contributed by atoms with Crippen molar-refractivity contribution >= 4 is 6.03 Å². The zero-order valence-electron chi connectivity index (χ0n) is 9.17. The molecular weight excluding hydrogens is 180 g/mol. The van der Waals surface area contributed by atoms with Gasteiger partial charge < -0.3 is 15.4 Å². The van der Waals surface area contributed by atoms with Crippen LogP contribution < -0.4 is 10.6 Å². The van der Waals surface area contributed by atoms with E-state index in [9.17, 15) is 4.79 Å². The standard InChI is InChI=1S/C10H20N2O2/c1-7(2)8(3)11-10(13)12-9-4-5-14-6-9/h7-9H,4-6H2,1-3H3,(H2,11,12,13). The van der Waals surface area contributed by atoms with E-state index in [-0.39, 0.29) is 18.1 Å². The molecule has 0 saturated carbocycles. The predicted octanol–water partition coefficient (Wildman–Crippen LogP) is 1.12. The number of hydrogen-bond acceptors (Lipinski definition) is 2. The number of carbonyl (C=O) groups excluding carboxylic acids is 1. The quantitative estimate of drug-likeness (QED) is 0.717. The molecule has 1 aliphatic rings. The number of rotatable bonds is 3. The van der Waals surface area contributed by atoms with Crippen molar-refractivity contribution in [3.63, 3.8) is 0 Å². The fourth-order valence-electron chi connectivity index (χ4n) is 1.25. The average molecular weight is 200 g/mol. The van der Waals surface area contributed by atoms with Gasteiger partial charge in [-0.05, 0) is 19.3 Å². The van der Waals surface area contributed by atoms with E-state index in [0.717, 1.165) is 13.0 Å². The fraction of sp³-hybridized carbons (Fsp3) is 0.900. The summed E-state index contributed by atoms with van der Waals surface area (Å²) >= 11 is 0. The first-order valence-electron chi connectivity index (χ1n) is 5.24. The third kappa shape index (κ3) is 3.54. The molecule has 1 heterocycles. The van der Waals surface area contributed by atoms with Gasteiger partial charge in [0.15, 0.2) is 0 Å². The lowest BCUT2D eigenvalue weighted by Gasteiger charge is -2.19. The van der Waals surface area contributed by atoms with E-state index in [1.54, 1.807) is 0 Å². The summed E-state index contributed by atoms with van der Waals surface area (Å²) in [5.74, 6) is 0.459. The molecule has 0 aromatic rings. The summed E-state index contributed by atoms with van der Waals surface area (Å²) in [7, 11) is 0. The van der Waals surface area contributed by atoms with Crippen LogP contribution in [0, 0.1) is 5.92 Å². The Morgan fingerprint density at radius 1 is 1.43 bits per heavy atom. The van der Waals surface area contributed by atoms with Crippen LogP contribution in [0.4, 0.5) is 4.79 Å². The molecule has 1 aliphatic heterocycles. The molecule has 4 nitrogen and oxygen atoms in total. The van der Waals surface area contributed by atoms with Crippen LogP contribution in [0.3, 0.4) is 0 Å². The van der Waals surface area contributed by atoms with Crippen LogP contribution in [-0.2, 0) is 4.74 Å². The molecule has 14 heavy (non-hydrogen) atoms. The van der Waals surface area contributed by atoms with Gasteiger partial charge in [0.1, 0.15) is 0 Å². The van der Waals surface area contributed by atoms with E-state index in [2.05, 4.69) is 24.5 Å². The topological polar surface area (TPSA) is 50.4 Å². The van der Waals surface area contributed by atoms with Crippen molar-refractivity contribution in [1.82, 2.24) is 10.6 Å². The summed E-state index contributed by atoms with van der Waals surface area (Å²) in [6.07, 6.45) is 0.920. The van der Waals surface area contributed by atoms with Crippen molar-refractivity contribution < 1.29 is 9.53 Å². The number of urea groups is 1. The molecule has 2 atom stereocenters. The monoisotopic (exact) mass is 200 g/mol. The van der Waals surface area contributed by atoms with Crippen LogP contribution >= 0.6 is 0 Å². The molecule has 0 aromatic heterocycles. The molecule has 0 radical (unpaired) electrons. The molecule has 1 saturated heterocycles. The highest BCUT2D eigenvalue weighted by Crippen LogP contribution is 2.03. The summed E-state index contributed by atoms with van der Waals surface area (Å²) in [4.78, 5) is 11.4. The maximum atomic E-state index is 11.4. The van der Waals surface area contributed by atoms with Crippen LogP contribution in [0.2, 0.25) is 0 Å². The number of carbonyl (C=O) groups is 1. The van der Waals surface area contributed by atoms with E-state index in [0.29, 0.717) is 12.5 Å². The Kier molecular flexibility index (Phi) is 4.20. The third-order valence-electron chi connectivity index (χ3n) is 2.62. The van der Waals surface area contributed by atoms with Crippen molar-refractivity contribution in [3.05, 3.63) is 0 Å². The van der Waals surface area contributed by atoms with Crippen LogP contribution in [0.1, 0.15) is 27.2 Å². The summed E-state index contributed by atoms with van der Waals surface area (Å²) < 4.78 is 5.17. The maximum Gasteiger partial charge on any atom is 0.315 e. The predicted molar refractivity (Wildman–Crippen MR) is 55.2 cm³/mol. The molecule has 4 heteroatoms.